The number of likely N-dealkylation sites (N-methyl/N-ethyl adjacent to an activating group) is 1. The Hall–Kier alpha value is -3.28. The van der Waals surface area contributed by atoms with E-state index in [1.807, 2.05) is 25.7 Å². The van der Waals surface area contributed by atoms with E-state index in [1.165, 1.54) is 19.0 Å². The van der Waals surface area contributed by atoms with Crippen LogP contribution in [0.4, 0.5) is 4.39 Å². The molecule has 5 rings (SSSR count). The minimum Gasteiger partial charge on any atom is -0.508 e. The second-order valence-corrected chi connectivity index (χ2v) is 12.0. The quantitative estimate of drug-likeness (QED) is 0.354. The summed E-state index contributed by atoms with van der Waals surface area (Å²) in [5.74, 6) is -8.01. The van der Waals surface area contributed by atoms with Crippen LogP contribution >= 0.6 is 0 Å². The zero-order valence-corrected chi connectivity index (χ0v) is 21.9. The molecular weight excluding hydrogens is 497 g/mol. The number of Topliss-reactive ketones (excluding diaryl/α,β-unsaturated/α-hetero) is 2. The third-order valence-electron chi connectivity index (χ3n) is 8.68. The number of aliphatic hydroxyl groups is 3. The molecule has 1 heterocycles. The minimum atomic E-state index is -2.72. The number of nitrogens with two attached hydrogens (primary N) is 1. The Bertz CT molecular complexity index is 1390. The number of primary amides is 1. The van der Waals surface area contributed by atoms with Crippen molar-refractivity contribution in [2.24, 2.45) is 17.6 Å². The van der Waals surface area contributed by atoms with Gasteiger partial charge in [-0.2, -0.15) is 0 Å². The fourth-order valence-corrected chi connectivity index (χ4v) is 6.69. The van der Waals surface area contributed by atoms with E-state index in [9.17, 15) is 34.8 Å². The monoisotopic (exact) mass is 529 g/mol. The van der Waals surface area contributed by atoms with Crippen LogP contribution in [0.1, 0.15) is 49.4 Å². The molecule has 0 saturated heterocycles. The summed E-state index contributed by atoms with van der Waals surface area (Å²) >= 11 is 0. The van der Waals surface area contributed by atoms with E-state index >= 15 is 4.39 Å². The number of rotatable bonds is 2. The number of hydrogen-bond acceptors (Lipinski definition) is 9. The Balaban J connectivity index is 1.71. The van der Waals surface area contributed by atoms with E-state index < -0.39 is 63.9 Å². The predicted molar refractivity (Wildman–Crippen MR) is 133 cm³/mol. The molecule has 1 aromatic carbocycles. The summed E-state index contributed by atoms with van der Waals surface area (Å²) in [6, 6.07) is -1.19. The highest BCUT2D eigenvalue weighted by atomic mass is 19.1. The molecule has 11 heteroatoms. The maximum atomic E-state index is 15.9. The first kappa shape index (κ1) is 26.3. The third-order valence-corrected chi connectivity index (χ3v) is 8.68. The topological polar surface area (TPSA) is 165 Å². The van der Waals surface area contributed by atoms with Crippen molar-refractivity contribution in [3.8, 4) is 5.75 Å². The van der Waals surface area contributed by atoms with Crippen LogP contribution in [0.3, 0.4) is 0 Å². The lowest BCUT2D eigenvalue weighted by Gasteiger charge is -2.50. The zero-order valence-electron chi connectivity index (χ0n) is 21.9. The van der Waals surface area contributed by atoms with Gasteiger partial charge in [0.1, 0.15) is 28.7 Å². The Labute approximate surface area is 218 Å². The molecule has 1 aromatic rings. The average molecular weight is 530 g/mol. The first-order valence-corrected chi connectivity index (χ1v) is 12.5. The molecule has 1 aliphatic heterocycles. The molecule has 4 atom stereocenters. The summed E-state index contributed by atoms with van der Waals surface area (Å²) in [4.78, 5) is 42.5. The van der Waals surface area contributed by atoms with Crippen molar-refractivity contribution >= 4 is 23.2 Å². The van der Waals surface area contributed by atoms with Gasteiger partial charge in [0.2, 0.25) is 5.78 Å². The van der Waals surface area contributed by atoms with Crippen LogP contribution in [0.25, 0.3) is 5.76 Å². The van der Waals surface area contributed by atoms with Gasteiger partial charge in [-0.3, -0.25) is 24.2 Å². The molecule has 0 radical (unpaired) electrons. The molecule has 1 unspecified atom stereocenters. The molecule has 0 bridgehead atoms. The van der Waals surface area contributed by atoms with Crippen LogP contribution in [-0.2, 0) is 33.9 Å². The van der Waals surface area contributed by atoms with Gasteiger partial charge in [-0.15, -0.1) is 0 Å². The van der Waals surface area contributed by atoms with Gasteiger partial charge < -0.3 is 26.2 Å². The van der Waals surface area contributed by atoms with E-state index in [-0.39, 0.29) is 53.9 Å². The number of carbonyl (C=O) groups excluding carboxylic acids is 3. The van der Waals surface area contributed by atoms with Crippen LogP contribution < -0.4 is 5.73 Å². The molecule has 1 saturated carbocycles. The summed E-state index contributed by atoms with van der Waals surface area (Å²) < 4.78 is 15.9. The number of halogens is 1. The Morgan fingerprint density at radius 3 is 2.26 bits per heavy atom. The number of carbonyl (C=O) groups is 3. The van der Waals surface area contributed by atoms with Gasteiger partial charge in [0.15, 0.2) is 11.4 Å². The van der Waals surface area contributed by atoms with E-state index in [0.717, 1.165) is 0 Å². The standard InChI is InChI=1S/C27H32FN3O7/c1-26(2,3)31-8-12-13(9-31)20(32)16-11(18(12)28)6-10-7-14-19(30(4)5)22(34)17(25(29)37)24(36)27(14,38)23(35)15(10)21(16)33/h10,14,19,32-33,36,38H,6-9H2,1-5H3,(H2,29,37)/t10-,14?,19-,27-/m0/s1. The van der Waals surface area contributed by atoms with Crippen LogP contribution in [0, 0.1) is 17.7 Å². The molecule has 1 amide bonds. The molecule has 204 valence electrons. The number of phenols is 1. The normalized spacial score (nSPS) is 29.4. The number of benzene rings is 1. The van der Waals surface area contributed by atoms with Crippen LogP contribution in [-0.4, -0.2) is 79.0 Å². The van der Waals surface area contributed by atoms with Gasteiger partial charge in [0, 0.05) is 46.8 Å². The van der Waals surface area contributed by atoms with Crippen molar-refractivity contribution in [2.75, 3.05) is 14.1 Å². The third kappa shape index (κ3) is 3.25. The summed E-state index contributed by atoms with van der Waals surface area (Å²) in [6.07, 6.45) is -0.159. The molecular formula is C27H32FN3O7. The van der Waals surface area contributed by atoms with Gasteiger partial charge in [-0.1, -0.05) is 0 Å². The highest BCUT2D eigenvalue weighted by Crippen LogP contribution is 2.54. The van der Waals surface area contributed by atoms with E-state index in [1.54, 1.807) is 0 Å². The maximum absolute atomic E-state index is 15.9. The van der Waals surface area contributed by atoms with Crippen molar-refractivity contribution in [3.63, 3.8) is 0 Å². The van der Waals surface area contributed by atoms with E-state index in [4.69, 9.17) is 5.73 Å². The Morgan fingerprint density at radius 2 is 1.71 bits per heavy atom. The van der Waals surface area contributed by atoms with Crippen molar-refractivity contribution in [1.29, 1.82) is 0 Å². The predicted octanol–water partition coefficient (Wildman–Crippen LogP) is 1.22. The Kier molecular flexibility index (Phi) is 5.62. The van der Waals surface area contributed by atoms with Crippen LogP contribution in [0.2, 0.25) is 0 Å². The molecule has 6 N–H and O–H groups in total. The fourth-order valence-electron chi connectivity index (χ4n) is 6.69. The van der Waals surface area contributed by atoms with Crippen molar-refractivity contribution in [3.05, 3.63) is 45.0 Å². The second kappa shape index (κ2) is 8.11. The number of phenolic OH excluding ortho intramolecular Hbond substituents is 1. The first-order valence-electron chi connectivity index (χ1n) is 12.5. The summed E-state index contributed by atoms with van der Waals surface area (Å²) in [6.45, 7) is 6.39. The molecule has 0 aromatic heterocycles. The summed E-state index contributed by atoms with van der Waals surface area (Å²) in [5.41, 5.74) is 1.61. The molecule has 4 aliphatic rings. The summed E-state index contributed by atoms with van der Waals surface area (Å²) in [5, 5.41) is 45.1. The molecule has 1 fully saturated rings. The SMILES string of the molecule is CN(C)[C@@H]1C(=O)C(C(N)=O)=C(O)[C@@]2(O)C(=O)C3=C(O)c4c(O)c5c(c(F)c4C[C@H]3CC12)CN(C(C)(C)C)C5. The summed E-state index contributed by atoms with van der Waals surface area (Å²) in [7, 11) is 3.05. The van der Waals surface area contributed by atoms with E-state index in [2.05, 4.69) is 0 Å². The van der Waals surface area contributed by atoms with Gasteiger partial charge in [0.05, 0.1) is 11.6 Å². The van der Waals surface area contributed by atoms with Gasteiger partial charge in [-0.25, -0.2) is 4.39 Å². The van der Waals surface area contributed by atoms with Crippen LogP contribution in [0.5, 0.6) is 5.75 Å². The van der Waals surface area contributed by atoms with Crippen molar-refractivity contribution < 1.29 is 39.2 Å². The number of nitrogens with zero attached hydrogens (tertiary/aromatic N) is 2. The van der Waals surface area contributed by atoms with Gasteiger partial charge in [-0.05, 0) is 53.6 Å². The average Bonchev–Trinajstić information content (AvgIpc) is 3.26. The Morgan fingerprint density at radius 1 is 1.11 bits per heavy atom. The second-order valence-electron chi connectivity index (χ2n) is 12.0. The lowest BCUT2D eigenvalue weighted by Crippen LogP contribution is -2.65. The fraction of sp³-hybridized carbons (Fsp3) is 0.519. The van der Waals surface area contributed by atoms with Crippen molar-refractivity contribution in [1.82, 2.24) is 9.80 Å². The molecule has 10 nitrogen and oxygen atoms in total. The molecule has 0 spiro atoms. The van der Waals surface area contributed by atoms with Crippen molar-refractivity contribution in [2.45, 2.75) is 63.9 Å². The largest absolute Gasteiger partial charge is 0.508 e. The first-order chi connectivity index (χ1) is 17.5. The smallest absolute Gasteiger partial charge is 0.255 e. The number of ketones is 2. The number of fused-ring (bicyclic) bond motifs is 4. The lowest BCUT2D eigenvalue weighted by molar-refractivity contribution is -0.153. The molecule has 3 aliphatic carbocycles. The number of amides is 1. The highest BCUT2D eigenvalue weighted by Gasteiger charge is 2.64. The maximum Gasteiger partial charge on any atom is 0.255 e. The zero-order chi connectivity index (χ0) is 28.2. The lowest BCUT2D eigenvalue weighted by atomic mass is 9.57. The number of hydrogen-bond donors (Lipinski definition) is 5. The molecule has 38 heavy (non-hydrogen) atoms. The highest BCUT2D eigenvalue weighted by molar-refractivity contribution is 6.24. The number of aliphatic hydroxyl groups excluding tert-OH is 2. The van der Waals surface area contributed by atoms with Crippen LogP contribution in [0.15, 0.2) is 16.9 Å². The van der Waals surface area contributed by atoms with Gasteiger partial charge >= 0.3 is 0 Å². The minimum absolute atomic E-state index is 0.0580. The van der Waals surface area contributed by atoms with E-state index in [0.29, 0.717) is 11.1 Å². The number of aromatic hydroxyl groups is 1. The van der Waals surface area contributed by atoms with Gasteiger partial charge in [0.25, 0.3) is 5.91 Å².